The minimum Gasteiger partial charge on any atom is -0.399 e. The van der Waals surface area contributed by atoms with E-state index in [1.54, 1.807) is 12.1 Å². The molecule has 0 saturated carbocycles. The smallest absolute Gasteiger partial charge is 0.251 e. The summed E-state index contributed by atoms with van der Waals surface area (Å²) in [7, 11) is 0. The molecular formula is C15H14F2N2O. The summed E-state index contributed by atoms with van der Waals surface area (Å²) < 4.78 is 26.1. The molecule has 3 nitrogen and oxygen atoms in total. The minimum absolute atomic E-state index is 0.0518. The van der Waals surface area contributed by atoms with Crippen LogP contribution >= 0.6 is 0 Å². The van der Waals surface area contributed by atoms with Crippen LogP contribution in [0.1, 0.15) is 21.5 Å². The predicted molar refractivity (Wildman–Crippen MR) is 73.1 cm³/mol. The molecule has 0 bridgehead atoms. The second-order valence-corrected chi connectivity index (χ2v) is 4.47. The van der Waals surface area contributed by atoms with Gasteiger partial charge in [-0.25, -0.2) is 8.78 Å². The predicted octanol–water partition coefficient (Wildman–Crippen LogP) is 2.79. The van der Waals surface area contributed by atoms with E-state index in [0.29, 0.717) is 5.69 Å². The maximum Gasteiger partial charge on any atom is 0.251 e. The molecule has 104 valence electrons. The number of halogens is 2. The Hall–Kier alpha value is -2.43. The number of benzene rings is 2. The van der Waals surface area contributed by atoms with E-state index in [2.05, 4.69) is 5.32 Å². The van der Waals surface area contributed by atoms with Crippen molar-refractivity contribution in [3.63, 3.8) is 0 Å². The van der Waals surface area contributed by atoms with Crippen molar-refractivity contribution < 1.29 is 13.6 Å². The van der Waals surface area contributed by atoms with Crippen LogP contribution in [-0.2, 0) is 6.54 Å². The van der Waals surface area contributed by atoms with Gasteiger partial charge in [-0.1, -0.05) is 12.1 Å². The van der Waals surface area contributed by atoms with Gasteiger partial charge in [-0.3, -0.25) is 4.79 Å². The van der Waals surface area contributed by atoms with Crippen LogP contribution in [0, 0.1) is 18.6 Å². The number of hydrogen-bond donors (Lipinski definition) is 2. The van der Waals surface area contributed by atoms with Gasteiger partial charge in [0, 0.05) is 23.9 Å². The lowest BCUT2D eigenvalue weighted by Gasteiger charge is -2.10. The average Bonchev–Trinajstić information content (AvgIpc) is 2.39. The zero-order valence-corrected chi connectivity index (χ0v) is 10.9. The third kappa shape index (κ3) is 3.12. The van der Waals surface area contributed by atoms with E-state index in [4.69, 9.17) is 5.73 Å². The van der Waals surface area contributed by atoms with E-state index in [9.17, 15) is 13.6 Å². The fraction of sp³-hybridized carbons (Fsp3) is 0.133. The zero-order chi connectivity index (χ0) is 14.7. The molecule has 0 atom stereocenters. The molecule has 0 unspecified atom stereocenters. The molecule has 20 heavy (non-hydrogen) atoms. The van der Waals surface area contributed by atoms with Crippen molar-refractivity contribution in [2.24, 2.45) is 0 Å². The number of hydrogen-bond acceptors (Lipinski definition) is 2. The van der Waals surface area contributed by atoms with Gasteiger partial charge >= 0.3 is 0 Å². The van der Waals surface area contributed by atoms with Gasteiger partial charge in [0.05, 0.1) is 0 Å². The Morgan fingerprint density at radius 2 is 1.85 bits per heavy atom. The van der Waals surface area contributed by atoms with Crippen LogP contribution in [-0.4, -0.2) is 5.91 Å². The zero-order valence-electron chi connectivity index (χ0n) is 10.9. The molecule has 0 aliphatic heterocycles. The molecule has 0 aliphatic carbocycles. The third-order valence-corrected chi connectivity index (χ3v) is 3.05. The first-order chi connectivity index (χ1) is 9.47. The van der Waals surface area contributed by atoms with Gasteiger partial charge in [-0.15, -0.1) is 0 Å². The minimum atomic E-state index is -0.782. The highest BCUT2D eigenvalue weighted by molar-refractivity contribution is 5.94. The molecule has 0 spiro atoms. The summed E-state index contributed by atoms with van der Waals surface area (Å²) in [6.07, 6.45) is 0. The topological polar surface area (TPSA) is 55.1 Å². The molecule has 0 aromatic heterocycles. The lowest BCUT2D eigenvalue weighted by molar-refractivity contribution is 0.0950. The van der Waals surface area contributed by atoms with Crippen LogP contribution in [0.3, 0.4) is 0 Å². The molecule has 0 radical (unpaired) electrons. The van der Waals surface area contributed by atoms with Gasteiger partial charge in [-0.05, 0) is 36.2 Å². The van der Waals surface area contributed by atoms with Crippen molar-refractivity contribution in [1.29, 1.82) is 0 Å². The Kier molecular flexibility index (Phi) is 3.98. The van der Waals surface area contributed by atoms with Gasteiger partial charge in [0.15, 0.2) is 0 Å². The SMILES string of the molecule is Cc1c(N)cccc1CNC(=O)c1cc(F)cc(F)c1. The number of anilines is 1. The lowest BCUT2D eigenvalue weighted by Crippen LogP contribution is -2.23. The van der Waals surface area contributed by atoms with Crippen LogP contribution in [0.15, 0.2) is 36.4 Å². The highest BCUT2D eigenvalue weighted by Gasteiger charge is 2.10. The molecule has 0 saturated heterocycles. The summed E-state index contributed by atoms with van der Waals surface area (Å²) in [6, 6.07) is 8.08. The standard InChI is InChI=1S/C15H14F2N2O/c1-9-10(3-2-4-14(9)18)8-19-15(20)11-5-12(16)7-13(17)6-11/h2-7H,8,18H2,1H3,(H,19,20). The van der Waals surface area contributed by atoms with Crippen molar-refractivity contribution in [2.75, 3.05) is 5.73 Å². The fourth-order valence-electron chi connectivity index (χ4n) is 1.86. The van der Waals surface area contributed by atoms with Crippen LogP contribution in [0.5, 0.6) is 0 Å². The van der Waals surface area contributed by atoms with Crippen molar-refractivity contribution in [3.8, 4) is 0 Å². The van der Waals surface area contributed by atoms with Crippen molar-refractivity contribution in [3.05, 3.63) is 64.7 Å². The Bertz CT molecular complexity index is 636. The monoisotopic (exact) mass is 276 g/mol. The van der Waals surface area contributed by atoms with E-state index >= 15 is 0 Å². The molecule has 0 heterocycles. The first kappa shape index (κ1) is 14.0. The first-order valence-corrected chi connectivity index (χ1v) is 6.05. The maximum absolute atomic E-state index is 13.0. The van der Waals surface area contributed by atoms with E-state index < -0.39 is 17.5 Å². The molecule has 5 heteroatoms. The van der Waals surface area contributed by atoms with Crippen molar-refractivity contribution >= 4 is 11.6 Å². The van der Waals surface area contributed by atoms with Crippen LogP contribution in [0.2, 0.25) is 0 Å². The molecule has 3 N–H and O–H groups in total. The van der Waals surface area contributed by atoms with Crippen molar-refractivity contribution in [2.45, 2.75) is 13.5 Å². The number of nitrogens with two attached hydrogens (primary N) is 1. The summed E-state index contributed by atoms with van der Waals surface area (Å²) >= 11 is 0. The molecule has 2 aromatic rings. The number of nitrogen functional groups attached to an aromatic ring is 1. The number of nitrogens with one attached hydrogen (secondary N) is 1. The van der Waals surface area contributed by atoms with Gasteiger partial charge in [-0.2, -0.15) is 0 Å². The molecule has 1 amide bonds. The van der Waals surface area contributed by atoms with Crippen molar-refractivity contribution in [1.82, 2.24) is 5.32 Å². The number of amides is 1. The van der Waals surface area contributed by atoms with E-state index in [1.165, 1.54) is 0 Å². The highest BCUT2D eigenvalue weighted by atomic mass is 19.1. The lowest BCUT2D eigenvalue weighted by atomic mass is 10.1. The molecular weight excluding hydrogens is 262 g/mol. The highest BCUT2D eigenvalue weighted by Crippen LogP contribution is 2.15. The maximum atomic E-state index is 13.0. The van der Waals surface area contributed by atoms with E-state index in [-0.39, 0.29) is 12.1 Å². The summed E-state index contributed by atoms with van der Waals surface area (Å²) in [6.45, 7) is 2.09. The molecule has 0 aliphatic rings. The number of carbonyl (C=O) groups excluding carboxylic acids is 1. The normalized spacial score (nSPS) is 10.3. The average molecular weight is 276 g/mol. The number of rotatable bonds is 3. The van der Waals surface area contributed by atoms with Gasteiger partial charge in [0.2, 0.25) is 0 Å². The summed E-state index contributed by atoms with van der Waals surface area (Å²) in [5.41, 5.74) is 8.08. The Labute approximate surface area is 115 Å². The second kappa shape index (κ2) is 5.69. The number of carbonyl (C=O) groups is 1. The Morgan fingerprint density at radius 3 is 2.50 bits per heavy atom. The first-order valence-electron chi connectivity index (χ1n) is 6.05. The summed E-state index contributed by atoms with van der Waals surface area (Å²) in [4.78, 5) is 11.8. The molecule has 2 aromatic carbocycles. The van der Waals surface area contributed by atoms with Gasteiger partial charge in [0.1, 0.15) is 11.6 Å². The van der Waals surface area contributed by atoms with Crippen LogP contribution < -0.4 is 11.1 Å². The van der Waals surface area contributed by atoms with Gasteiger partial charge in [0.25, 0.3) is 5.91 Å². The summed E-state index contributed by atoms with van der Waals surface area (Å²) in [5, 5.41) is 2.61. The van der Waals surface area contributed by atoms with Gasteiger partial charge < -0.3 is 11.1 Å². The molecule has 0 fully saturated rings. The fourth-order valence-corrected chi connectivity index (χ4v) is 1.86. The van der Waals surface area contributed by atoms with E-state index in [0.717, 1.165) is 29.3 Å². The Balaban J connectivity index is 2.10. The summed E-state index contributed by atoms with van der Waals surface area (Å²) in [5.74, 6) is -2.10. The van der Waals surface area contributed by atoms with Crippen LogP contribution in [0.4, 0.5) is 14.5 Å². The van der Waals surface area contributed by atoms with Crippen LogP contribution in [0.25, 0.3) is 0 Å². The largest absolute Gasteiger partial charge is 0.399 e. The Morgan fingerprint density at radius 1 is 1.20 bits per heavy atom. The second-order valence-electron chi connectivity index (χ2n) is 4.47. The quantitative estimate of drug-likeness (QED) is 0.847. The van der Waals surface area contributed by atoms with E-state index in [1.807, 2.05) is 13.0 Å². The molecule has 2 rings (SSSR count). The third-order valence-electron chi connectivity index (χ3n) is 3.05.